The van der Waals surface area contributed by atoms with E-state index in [-0.39, 0.29) is 17.3 Å². The fraction of sp³-hybridized carbons (Fsp3) is 0.300. The van der Waals surface area contributed by atoms with Crippen LogP contribution in [0, 0.1) is 21.4 Å². The average molecular weight is 205 g/mol. The first-order valence-corrected chi connectivity index (χ1v) is 4.49. The average Bonchev–Trinajstić information content (AvgIpc) is 2.16. The predicted molar refractivity (Wildman–Crippen MR) is 56.6 cm³/mol. The molecule has 0 aliphatic rings. The van der Waals surface area contributed by atoms with E-state index < -0.39 is 4.92 Å². The third kappa shape index (κ3) is 2.68. The summed E-state index contributed by atoms with van der Waals surface area (Å²) in [6.45, 7) is 3.87. The van der Waals surface area contributed by atoms with Crippen molar-refractivity contribution in [1.29, 1.82) is 5.26 Å². The van der Waals surface area contributed by atoms with E-state index in [1.54, 1.807) is 12.1 Å². The second kappa shape index (κ2) is 4.42. The number of nitrogens with zero attached hydrogens (tertiary/aromatic N) is 2. The molecule has 1 aromatic rings. The lowest BCUT2D eigenvalue weighted by atomic mass is 10.1. The number of nitro groups is 1. The van der Waals surface area contributed by atoms with Gasteiger partial charge < -0.3 is 5.32 Å². The number of rotatable bonds is 3. The molecular formula is C10H11N3O2. The van der Waals surface area contributed by atoms with E-state index >= 15 is 0 Å². The number of anilines is 1. The molecule has 0 saturated heterocycles. The molecule has 0 heterocycles. The van der Waals surface area contributed by atoms with E-state index in [2.05, 4.69) is 5.32 Å². The van der Waals surface area contributed by atoms with Crippen molar-refractivity contribution in [3.8, 4) is 6.07 Å². The largest absolute Gasteiger partial charge is 0.383 e. The van der Waals surface area contributed by atoms with Crippen LogP contribution >= 0.6 is 0 Å². The summed E-state index contributed by atoms with van der Waals surface area (Å²) in [5.74, 6) is 0. The molecule has 1 aromatic carbocycles. The number of hydrogen-bond donors (Lipinski definition) is 1. The van der Waals surface area contributed by atoms with Crippen LogP contribution in [0.15, 0.2) is 18.2 Å². The number of benzene rings is 1. The molecular weight excluding hydrogens is 194 g/mol. The molecule has 0 amide bonds. The molecule has 1 rings (SSSR count). The van der Waals surface area contributed by atoms with Crippen molar-refractivity contribution in [2.75, 3.05) is 5.32 Å². The van der Waals surface area contributed by atoms with Crippen LogP contribution in [0.25, 0.3) is 0 Å². The van der Waals surface area contributed by atoms with Gasteiger partial charge >= 0.3 is 0 Å². The van der Waals surface area contributed by atoms with Crippen molar-refractivity contribution in [3.63, 3.8) is 0 Å². The van der Waals surface area contributed by atoms with Crippen molar-refractivity contribution in [3.05, 3.63) is 33.9 Å². The molecule has 0 aliphatic heterocycles. The minimum Gasteiger partial charge on any atom is -0.383 e. The maximum absolute atomic E-state index is 10.6. The summed E-state index contributed by atoms with van der Waals surface area (Å²) in [4.78, 5) is 10.1. The first kappa shape index (κ1) is 11.0. The topological polar surface area (TPSA) is 79.0 Å². The Morgan fingerprint density at radius 1 is 1.53 bits per heavy atom. The fourth-order valence-corrected chi connectivity index (χ4v) is 1.20. The van der Waals surface area contributed by atoms with Gasteiger partial charge in [-0.3, -0.25) is 10.1 Å². The summed E-state index contributed by atoms with van der Waals surface area (Å²) < 4.78 is 0. The molecule has 0 aromatic heterocycles. The Labute approximate surface area is 87.5 Å². The maximum atomic E-state index is 10.6. The van der Waals surface area contributed by atoms with Gasteiger partial charge in [-0.1, -0.05) is 0 Å². The van der Waals surface area contributed by atoms with Crippen LogP contribution < -0.4 is 5.32 Å². The molecule has 78 valence electrons. The van der Waals surface area contributed by atoms with E-state index in [4.69, 9.17) is 5.26 Å². The first-order chi connectivity index (χ1) is 7.04. The van der Waals surface area contributed by atoms with Crippen LogP contribution in [0.2, 0.25) is 0 Å². The van der Waals surface area contributed by atoms with Crippen LogP contribution in [-0.4, -0.2) is 11.0 Å². The molecule has 0 atom stereocenters. The van der Waals surface area contributed by atoms with Gasteiger partial charge in [0.1, 0.15) is 11.6 Å². The molecule has 0 unspecified atom stereocenters. The second-order valence-corrected chi connectivity index (χ2v) is 3.40. The quantitative estimate of drug-likeness (QED) is 0.606. The van der Waals surface area contributed by atoms with Gasteiger partial charge in [0.25, 0.3) is 5.69 Å². The number of nitrogens with one attached hydrogen (secondary N) is 1. The lowest BCUT2D eigenvalue weighted by molar-refractivity contribution is -0.385. The van der Waals surface area contributed by atoms with Gasteiger partial charge in [0.05, 0.1) is 4.92 Å². The minimum absolute atomic E-state index is 0.0781. The van der Waals surface area contributed by atoms with E-state index in [0.717, 1.165) is 0 Å². The zero-order chi connectivity index (χ0) is 11.4. The van der Waals surface area contributed by atoms with E-state index in [1.807, 2.05) is 13.8 Å². The summed E-state index contributed by atoms with van der Waals surface area (Å²) in [5, 5.41) is 22.3. The third-order valence-electron chi connectivity index (χ3n) is 1.77. The zero-order valence-electron chi connectivity index (χ0n) is 8.52. The van der Waals surface area contributed by atoms with Gasteiger partial charge in [-0.25, -0.2) is 0 Å². The number of nitriles is 1. The summed E-state index contributed by atoms with van der Waals surface area (Å²) in [7, 11) is 0. The highest BCUT2D eigenvalue weighted by Gasteiger charge is 2.14. The molecule has 0 radical (unpaired) electrons. The molecule has 1 N–H and O–H groups in total. The molecule has 0 bridgehead atoms. The Kier molecular flexibility index (Phi) is 3.24. The van der Waals surface area contributed by atoms with Crippen molar-refractivity contribution >= 4 is 11.4 Å². The molecule has 0 saturated carbocycles. The van der Waals surface area contributed by atoms with Gasteiger partial charge in [0.15, 0.2) is 0 Å². The summed E-state index contributed by atoms with van der Waals surface area (Å²) in [6, 6.07) is 6.46. The van der Waals surface area contributed by atoms with Crippen LogP contribution in [-0.2, 0) is 0 Å². The molecule has 15 heavy (non-hydrogen) atoms. The van der Waals surface area contributed by atoms with Crippen LogP contribution in [0.5, 0.6) is 0 Å². The predicted octanol–water partition coefficient (Wildman–Crippen LogP) is 2.29. The van der Waals surface area contributed by atoms with Crippen molar-refractivity contribution in [2.24, 2.45) is 0 Å². The highest BCUT2D eigenvalue weighted by Crippen LogP contribution is 2.22. The molecule has 0 spiro atoms. The smallest absolute Gasteiger partial charge is 0.289 e. The molecule has 5 nitrogen and oxygen atoms in total. The Hall–Kier alpha value is -2.09. The lowest BCUT2D eigenvalue weighted by Crippen LogP contribution is -2.09. The second-order valence-electron chi connectivity index (χ2n) is 3.40. The SMILES string of the molecule is CC(C)Nc1ccc(C#N)c([N+](=O)[O-])c1. The standard InChI is InChI=1S/C10H11N3O2/c1-7(2)12-9-4-3-8(6-11)10(5-9)13(14)15/h3-5,7,12H,1-2H3. The van der Waals surface area contributed by atoms with Crippen LogP contribution in [0.1, 0.15) is 19.4 Å². The van der Waals surface area contributed by atoms with Gasteiger partial charge in [-0.05, 0) is 26.0 Å². The fourth-order valence-electron chi connectivity index (χ4n) is 1.20. The van der Waals surface area contributed by atoms with Crippen LogP contribution in [0.3, 0.4) is 0 Å². The summed E-state index contributed by atoms with van der Waals surface area (Å²) in [6.07, 6.45) is 0. The highest BCUT2D eigenvalue weighted by atomic mass is 16.6. The molecule has 5 heteroatoms. The van der Waals surface area contributed by atoms with E-state index in [9.17, 15) is 10.1 Å². The monoisotopic (exact) mass is 205 g/mol. The lowest BCUT2D eigenvalue weighted by Gasteiger charge is -2.09. The van der Waals surface area contributed by atoms with Gasteiger partial charge in [0.2, 0.25) is 0 Å². The van der Waals surface area contributed by atoms with Crippen molar-refractivity contribution < 1.29 is 4.92 Å². The Morgan fingerprint density at radius 2 is 2.20 bits per heavy atom. The normalized spacial score (nSPS) is 9.73. The van der Waals surface area contributed by atoms with Crippen LogP contribution in [0.4, 0.5) is 11.4 Å². The van der Waals surface area contributed by atoms with Crippen molar-refractivity contribution in [1.82, 2.24) is 0 Å². The number of nitro benzene ring substituents is 1. The third-order valence-corrected chi connectivity index (χ3v) is 1.77. The van der Waals surface area contributed by atoms with Gasteiger partial charge in [-0.15, -0.1) is 0 Å². The Morgan fingerprint density at radius 3 is 2.67 bits per heavy atom. The van der Waals surface area contributed by atoms with Crippen molar-refractivity contribution in [2.45, 2.75) is 19.9 Å². The van der Waals surface area contributed by atoms with E-state index in [1.165, 1.54) is 12.1 Å². The highest BCUT2D eigenvalue weighted by molar-refractivity contribution is 5.59. The molecule has 0 aliphatic carbocycles. The van der Waals surface area contributed by atoms with E-state index in [0.29, 0.717) is 5.69 Å². The first-order valence-electron chi connectivity index (χ1n) is 4.49. The number of hydrogen-bond acceptors (Lipinski definition) is 4. The molecule has 0 fully saturated rings. The summed E-state index contributed by atoms with van der Waals surface area (Å²) >= 11 is 0. The Balaban J connectivity index is 3.12. The van der Waals surface area contributed by atoms with Gasteiger partial charge in [-0.2, -0.15) is 5.26 Å². The Bertz CT molecular complexity index is 421. The zero-order valence-corrected chi connectivity index (χ0v) is 8.52. The minimum atomic E-state index is -0.552. The maximum Gasteiger partial charge on any atom is 0.289 e. The summed E-state index contributed by atoms with van der Waals surface area (Å²) in [5.41, 5.74) is 0.563. The van der Waals surface area contributed by atoms with Gasteiger partial charge in [0, 0.05) is 17.8 Å².